The minimum Gasteiger partial charge on any atom is -0.239 e. The predicted molar refractivity (Wildman–Crippen MR) is 25.4 cm³/mol. The Labute approximate surface area is 38.3 Å². The molecular weight excluding hydrogens is 78.1 g/mol. The van der Waals surface area contributed by atoms with Crippen LogP contribution in [0.4, 0.5) is 0 Å². The van der Waals surface area contributed by atoms with Crippen LogP contribution in [-0.2, 0) is 0 Å². The molecule has 0 aliphatic rings. The van der Waals surface area contributed by atoms with Gasteiger partial charge in [-0.3, -0.25) is 0 Å². The van der Waals surface area contributed by atoms with Crippen molar-refractivity contribution in [3.8, 4) is 0 Å². The summed E-state index contributed by atoms with van der Waals surface area (Å²) in [5.74, 6) is 5.03. The average Bonchev–Trinajstić information content (AvgIpc) is 1.35. The summed E-state index contributed by atoms with van der Waals surface area (Å²) in [5, 5.41) is 0. The number of nitrogens with one attached hydrogen (secondary N) is 1. The fraction of sp³-hybridized carbons (Fsp3) is 1.00. The van der Waals surface area contributed by atoms with E-state index in [1.807, 2.05) is 21.1 Å². The summed E-state index contributed by atoms with van der Waals surface area (Å²) in [6.45, 7) is 0. The molecule has 0 unspecified atom stereocenters. The normalized spacial score (nSPS) is 12.0. The van der Waals surface area contributed by atoms with E-state index in [2.05, 4.69) is 5.53 Å². The molecule has 0 aromatic carbocycles. The molecule has 38 valence electrons. The molecule has 0 aromatic heterocycles. The predicted octanol–water partition coefficient (Wildman–Crippen LogP) is -0.929. The summed E-state index contributed by atoms with van der Waals surface area (Å²) in [4.78, 5) is 0. The van der Waals surface area contributed by atoms with Crippen molar-refractivity contribution in [2.24, 2.45) is 5.84 Å². The first-order chi connectivity index (χ1) is 2.56. The SMILES string of the molecule is C[N+](C)(C)NN. The van der Waals surface area contributed by atoms with Gasteiger partial charge in [0.05, 0.1) is 21.1 Å². The highest BCUT2D eigenvalue weighted by Crippen LogP contribution is 1.71. The lowest BCUT2D eigenvalue weighted by Gasteiger charge is -2.19. The molecule has 0 aliphatic heterocycles. The van der Waals surface area contributed by atoms with Crippen LogP contribution in [0.2, 0.25) is 0 Å². The van der Waals surface area contributed by atoms with Gasteiger partial charge in [0.25, 0.3) is 0 Å². The third-order valence-corrected chi connectivity index (χ3v) is 0.387. The lowest BCUT2D eigenvalue weighted by molar-refractivity contribution is -0.916. The Balaban J connectivity index is 3.17. The van der Waals surface area contributed by atoms with Crippen LogP contribution >= 0.6 is 0 Å². The van der Waals surface area contributed by atoms with E-state index in [1.165, 1.54) is 0 Å². The third-order valence-electron chi connectivity index (χ3n) is 0.387. The van der Waals surface area contributed by atoms with Gasteiger partial charge in [-0.2, -0.15) is 0 Å². The molecular formula is C3H12N3+. The molecule has 3 nitrogen and oxygen atoms in total. The Bertz CT molecular complexity index is 35.8. The Kier molecular flexibility index (Phi) is 1.52. The lowest BCUT2D eigenvalue weighted by atomic mass is 10.9. The molecule has 0 aromatic rings. The molecule has 0 saturated carbocycles. The lowest BCUT2D eigenvalue weighted by Crippen LogP contribution is -2.51. The van der Waals surface area contributed by atoms with E-state index in [4.69, 9.17) is 5.84 Å². The summed E-state index contributed by atoms with van der Waals surface area (Å²) in [5.41, 5.74) is 2.54. The zero-order chi connectivity index (χ0) is 5.21. The van der Waals surface area contributed by atoms with Gasteiger partial charge in [0.1, 0.15) is 0 Å². The smallest absolute Gasteiger partial charge is 0.0865 e. The van der Waals surface area contributed by atoms with E-state index in [-0.39, 0.29) is 0 Å². The number of nitrogens with two attached hydrogens (primary N) is 1. The molecule has 0 aliphatic carbocycles. The van der Waals surface area contributed by atoms with Crippen LogP contribution in [0.25, 0.3) is 0 Å². The number of rotatable bonds is 1. The van der Waals surface area contributed by atoms with Crippen LogP contribution in [0.5, 0.6) is 0 Å². The van der Waals surface area contributed by atoms with E-state index < -0.39 is 0 Å². The molecule has 0 heterocycles. The molecule has 0 radical (unpaired) electrons. The monoisotopic (exact) mass is 90.1 g/mol. The fourth-order valence-corrected chi connectivity index (χ4v) is 0. The van der Waals surface area contributed by atoms with Crippen molar-refractivity contribution in [3.05, 3.63) is 0 Å². The highest BCUT2D eigenvalue weighted by atomic mass is 15.7. The first-order valence-electron chi connectivity index (χ1n) is 1.85. The standard InChI is InChI=1S/C3H12N3/c1-6(2,3)5-4/h5H,4H2,1-3H3/q+1. The van der Waals surface area contributed by atoms with Crippen molar-refractivity contribution in [1.29, 1.82) is 0 Å². The second-order valence-electron chi connectivity index (χ2n) is 2.14. The van der Waals surface area contributed by atoms with Gasteiger partial charge in [0.2, 0.25) is 0 Å². The van der Waals surface area contributed by atoms with Crippen molar-refractivity contribution in [2.75, 3.05) is 21.1 Å². The fourth-order valence-electron chi connectivity index (χ4n) is 0. The maximum absolute atomic E-state index is 5.03. The van der Waals surface area contributed by atoms with Crippen molar-refractivity contribution in [1.82, 2.24) is 5.53 Å². The van der Waals surface area contributed by atoms with Crippen LogP contribution < -0.4 is 11.4 Å². The van der Waals surface area contributed by atoms with Crippen LogP contribution in [0.1, 0.15) is 0 Å². The zero-order valence-electron chi connectivity index (χ0n) is 4.52. The van der Waals surface area contributed by atoms with Crippen LogP contribution in [-0.4, -0.2) is 25.7 Å². The van der Waals surface area contributed by atoms with Crippen LogP contribution in [0, 0.1) is 0 Å². The van der Waals surface area contributed by atoms with Gasteiger partial charge >= 0.3 is 0 Å². The summed E-state index contributed by atoms with van der Waals surface area (Å²) in [6, 6.07) is 0. The molecule has 0 atom stereocenters. The average molecular weight is 90.2 g/mol. The van der Waals surface area contributed by atoms with Crippen molar-refractivity contribution < 1.29 is 4.59 Å². The number of hydrogen-bond acceptors (Lipinski definition) is 2. The first kappa shape index (κ1) is 5.88. The Morgan fingerprint density at radius 2 is 1.50 bits per heavy atom. The van der Waals surface area contributed by atoms with E-state index in [0.717, 1.165) is 0 Å². The molecule has 0 amide bonds. The minimum absolute atomic E-state index is 0.597. The van der Waals surface area contributed by atoms with Gasteiger partial charge in [-0.1, -0.05) is 0 Å². The summed E-state index contributed by atoms with van der Waals surface area (Å²) in [7, 11) is 5.83. The van der Waals surface area contributed by atoms with Crippen molar-refractivity contribution in [2.45, 2.75) is 0 Å². The summed E-state index contributed by atoms with van der Waals surface area (Å²) in [6.07, 6.45) is 0. The van der Waals surface area contributed by atoms with Gasteiger partial charge in [-0.05, 0) is 0 Å². The summed E-state index contributed by atoms with van der Waals surface area (Å²) >= 11 is 0. The Morgan fingerprint density at radius 3 is 1.50 bits per heavy atom. The topological polar surface area (TPSA) is 38.0 Å². The van der Waals surface area contributed by atoms with Gasteiger partial charge in [-0.15, -0.1) is 5.53 Å². The highest BCUT2D eigenvalue weighted by Gasteiger charge is 1.97. The second-order valence-corrected chi connectivity index (χ2v) is 2.14. The third kappa shape index (κ3) is 3.88. The molecule has 0 fully saturated rings. The number of quaternary nitrogens is 1. The number of hydrazine groups is 1. The van der Waals surface area contributed by atoms with Crippen molar-refractivity contribution in [3.63, 3.8) is 0 Å². The van der Waals surface area contributed by atoms with Gasteiger partial charge in [0, 0.05) is 0 Å². The molecule has 0 bridgehead atoms. The summed E-state index contributed by atoms with van der Waals surface area (Å²) < 4.78 is 0.597. The van der Waals surface area contributed by atoms with Crippen LogP contribution in [0.15, 0.2) is 0 Å². The Morgan fingerprint density at radius 1 is 1.33 bits per heavy atom. The van der Waals surface area contributed by atoms with Gasteiger partial charge in [0.15, 0.2) is 0 Å². The molecule has 0 rings (SSSR count). The van der Waals surface area contributed by atoms with E-state index >= 15 is 0 Å². The van der Waals surface area contributed by atoms with E-state index in [9.17, 15) is 0 Å². The van der Waals surface area contributed by atoms with E-state index in [1.54, 1.807) is 0 Å². The van der Waals surface area contributed by atoms with Gasteiger partial charge < -0.3 is 0 Å². The quantitative estimate of drug-likeness (QED) is 0.248. The molecule has 3 heteroatoms. The largest absolute Gasteiger partial charge is 0.239 e. The second kappa shape index (κ2) is 1.55. The maximum Gasteiger partial charge on any atom is 0.0865 e. The molecule has 3 N–H and O–H groups in total. The van der Waals surface area contributed by atoms with E-state index in [0.29, 0.717) is 4.59 Å². The number of hydrogen-bond donors (Lipinski definition) is 2. The molecule has 0 saturated heterocycles. The van der Waals surface area contributed by atoms with Crippen LogP contribution in [0.3, 0.4) is 0 Å². The zero-order valence-corrected chi connectivity index (χ0v) is 4.52. The maximum atomic E-state index is 5.03. The number of nitrogens with zero attached hydrogens (tertiary/aromatic N) is 1. The molecule has 0 spiro atoms. The first-order valence-corrected chi connectivity index (χ1v) is 1.85. The Hall–Kier alpha value is -0.120. The molecule has 6 heavy (non-hydrogen) atoms. The highest BCUT2D eigenvalue weighted by molar-refractivity contribution is 3.87. The van der Waals surface area contributed by atoms with Crippen molar-refractivity contribution >= 4 is 0 Å². The minimum atomic E-state index is 0.597. The van der Waals surface area contributed by atoms with Gasteiger partial charge in [-0.25, -0.2) is 10.4 Å².